The summed E-state index contributed by atoms with van der Waals surface area (Å²) in [4.78, 5) is 11.9. The maximum Gasteiger partial charge on any atom is 0.224 e. The maximum absolute atomic E-state index is 11.9. The lowest BCUT2D eigenvalue weighted by molar-refractivity contribution is -0.117. The van der Waals surface area contributed by atoms with Gasteiger partial charge in [-0.25, -0.2) is 0 Å². The van der Waals surface area contributed by atoms with Crippen LogP contribution in [0.3, 0.4) is 0 Å². The third-order valence-electron chi connectivity index (χ3n) is 4.00. The number of carbonyl (C=O) groups is 1. The molecule has 1 amide bonds. The van der Waals surface area contributed by atoms with Crippen LogP contribution >= 0.6 is 0 Å². The molecule has 1 aromatic rings. The minimum atomic E-state index is 0.132. The number of hydrogen-bond donors (Lipinski definition) is 1. The second-order valence-corrected chi connectivity index (χ2v) is 5.76. The predicted octanol–water partition coefficient (Wildman–Crippen LogP) is 4.38. The average molecular weight is 275 g/mol. The van der Waals surface area contributed by atoms with Crippen LogP contribution in [-0.2, 0) is 4.79 Å². The zero-order valence-electron chi connectivity index (χ0n) is 12.5. The Morgan fingerprint density at radius 3 is 2.55 bits per heavy atom. The lowest BCUT2D eigenvalue weighted by atomic mass is 10.0. The summed E-state index contributed by atoms with van der Waals surface area (Å²) in [6.07, 6.45) is 6.83. The van der Waals surface area contributed by atoms with Crippen LogP contribution in [0.1, 0.15) is 52.4 Å². The average Bonchev–Trinajstić information content (AvgIpc) is 2.93. The van der Waals surface area contributed by atoms with Gasteiger partial charge in [0.15, 0.2) is 0 Å². The van der Waals surface area contributed by atoms with Gasteiger partial charge in [-0.2, -0.15) is 0 Å². The molecule has 1 aliphatic rings. The minimum absolute atomic E-state index is 0.132. The summed E-state index contributed by atoms with van der Waals surface area (Å²) in [5.74, 6) is 1.57. The van der Waals surface area contributed by atoms with E-state index in [9.17, 15) is 4.79 Å². The molecule has 1 fully saturated rings. The third-order valence-corrected chi connectivity index (χ3v) is 4.00. The van der Waals surface area contributed by atoms with Crippen LogP contribution in [0.5, 0.6) is 5.75 Å². The summed E-state index contributed by atoms with van der Waals surface area (Å²) < 4.78 is 5.72. The lowest BCUT2D eigenvalue weighted by Crippen LogP contribution is -2.15. The number of benzene rings is 1. The van der Waals surface area contributed by atoms with Crippen molar-refractivity contribution in [2.75, 3.05) is 5.32 Å². The summed E-state index contributed by atoms with van der Waals surface area (Å²) in [7, 11) is 0. The van der Waals surface area contributed by atoms with Gasteiger partial charge >= 0.3 is 0 Å². The first-order valence-electron chi connectivity index (χ1n) is 7.74. The molecule has 0 spiro atoms. The Morgan fingerprint density at radius 1 is 1.30 bits per heavy atom. The molecule has 0 aromatic heterocycles. The first kappa shape index (κ1) is 14.9. The van der Waals surface area contributed by atoms with Gasteiger partial charge in [-0.1, -0.05) is 19.8 Å². The fraction of sp³-hybridized carbons (Fsp3) is 0.588. The Balaban J connectivity index is 1.81. The van der Waals surface area contributed by atoms with Crippen molar-refractivity contribution in [2.45, 2.75) is 58.5 Å². The molecule has 2 rings (SSSR count). The number of amides is 1. The van der Waals surface area contributed by atoms with E-state index in [-0.39, 0.29) is 12.0 Å². The van der Waals surface area contributed by atoms with Gasteiger partial charge in [-0.05, 0) is 56.4 Å². The monoisotopic (exact) mass is 275 g/mol. The van der Waals surface area contributed by atoms with Crippen molar-refractivity contribution >= 4 is 11.6 Å². The minimum Gasteiger partial charge on any atom is -0.491 e. The number of nitrogens with one attached hydrogen (secondary N) is 1. The van der Waals surface area contributed by atoms with Crippen LogP contribution < -0.4 is 10.1 Å². The SMILES string of the molecule is CCC(C)Oc1ccc(NC(=O)CC2CCCC2)cc1. The molecule has 1 saturated carbocycles. The van der Waals surface area contributed by atoms with Gasteiger partial charge in [0, 0.05) is 12.1 Å². The fourth-order valence-electron chi connectivity index (χ4n) is 2.62. The number of carbonyl (C=O) groups excluding carboxylic acids is 1. The van der Waals surface area contributed by atoms with E-state index in [1.807, 2.05) is 24.3 Å². The quantitative estimate of drug-likeness (QED) is 0.836. The molecule has 3 heteroatoms. The summed E-state index contributed by atoms with van der Waals surface area (Å²) >= 11 is 0. The molecular weight excluding hydrogens is 250 g/mol. The second kappa shape index (κ2) is 7.32. The zero-order valence-corrected chi connectivity index (χ0v) is 12.5. The van der Waals surface area contributed by atoms with Crippen molar-refractivity contribution in [3.05, 3.63) is 24.3 Å². The van der Waals surface area contributed by atoms with E-state index < -0.39 is 0 Å². The zero-order chi connectivity index (χ0) is 14.4. The van der Waals surface area contributed by atoms with Crippen LogP contribution in [-0.4, -0.2) is 12.0 Å². The normalized spacial score (nSPS) is 16.9. The van der Waals surface area contributed by atoms with Crippen LogP contribution in [0.4, 0.5) is 5.69 Å². The molecule has 1 unspecified atom stereocenters. The predicted molar refractivity (Wildman–Crippen MR) is 82.0 cm³/mol. The van der Waals surface area contributed by atoms with E-state index in [1.54, 1.807) is 0 Å². The van der Waals surface area contributed by atoms with E-state index in [0.29, 0.717) is 12.3 Å². The van der Waals surface area contributed by atoms with Crippen molar-refractivity contribution in [2.24, 2.45) is 5.92 Å². The van der Waals surface area contributed by atoms with Crippen molar-refractivity contribution in [1.82, 2.24) is 0 Å². The molecule has 1 aliphatic carbocycles. The molecule has 3 nitrogen and oxygen atoms in total. The molecule has 0 radical (unpaired) electrons. The smallest absolute Gasteiger partial charge is 0.224 e. The first-order chi connectivity index (χ1) is 9.67. The van der Waals surface area contributed by atoms with Crippen LogP contribution in [0.15, 0.2) is 24.3 Å². The summed E-state index contributed by atoms with van der Waals surface area (Å²) in [6, 6.07) is 7.64. The Morgan fingerprint density at radius 2 is 1.95 bits per heavy atom. The van der Waals surface area contributed by atoms with E-state index >= 15 is 0 Å². The number of hydrogen-bond acceptors (Lipinski definition) is 2. The highest BCUT2D eigenvalue weighted by atomic mass is 16.5. The van der Waals surface area contributed by atoms with Crippen molar-refractivity contribution < 1.29 is 9.53 Å². The Labute approximate surface area is 121 Å². The molecule has 0 bridgehead atoms. The summed E-state index contributed by atoms with van der Waals surface area (Å²) in [5.41, 5.74) is 0.851. The van der Waals surface area contributed by atoms with Gasteiger partial charge in [0.05, 0.1) is 6.10 Å². The first-order valence-corrected chi connectivity index (χ1v) is 7.74. The topological polar surface area (TPSA) is 38.3 Å². The highest BCUT2D eigenvalue weighted by molar-refractivity contribution is 5.90. The van der Waals surface area contributed by atoms with Crippen LogP contribution in [0, 0.1) is 5.92 Å². The highest BCUT2D eigenvalue weighted by Crippen LogP contribution is 2.28. The Hall–Kier alpha value is -1.51. The molecule has 20 heavy (non-hydrogen) atoms. The van der Waals surface area contributed by atoms with Crippen LogP contribution in [0.2, 0.25) is 0 Å². The number of ether oxygens (including phenoxy) is 1. The van der Waals surface area contributed by atoms with Crippen molar-refractivity contribution in [3.8, 4) is 5.75 Å². The Bertz CT molecular complexity index is 421. The summed E-state index contributed by atoms with van der Waals surface area (Å²) in [5, 5.41) is 2.97. The maximum atomic E-state index is 11.9. The lowest BCUT2D eigenvalue weighted by Gasteiger charge is -2.13. The van der Waals surface area contributed by atoms with E-state index in [2.05, 4.69) is 19.2 Å². The fourth-order valence-corrected chi connectivity index (χ4v) is 2.62. The van der Waals surface area contributed by atoms with Crippen molar-refractivity contribution in [1.29, 1.82) is 0 Å². The van der Waals surface area contributed by atoms with Gasteiger partial charge in [-0.15, -0.1) is 0 Å². The van der Waals surface area contributed by atoms with Gasteiger partial charge in [0.25, 0.3) is 0 Å². The second-order valence-electron chi connectivity index (χ2n) is 5.76. The summed E-state index contributed by atoms with van der Waals surface area (Å²) in [6.45, 7) is 4.15. The molecule has 0 saturated heterocycles. The molecule has 1 aromatic carbocycles. The Kier molecular flexibility index (Phi) is 5.45. The molecule has 0 aliphatic heterocycles. The standard InChI is InChI=1S/C17H25NO2/c1-3-13(2)20-16-10-8-15(9-11-16)18-17(19)12-14-6-4-5-7-14/h8-11,13-14H,3-7,12H2,1-2H3,(H,18,19). The molecular formula is C17H25NO2. The van der Waals surface area contributed by atoms with Gasteiger partial charge in [0.1, 0.15) is 5.75 Å². The number of anilines is 1. The van der Waals surface area contributed by atoms with Gasteiger partial charge in [0.2, 0.25) is 5.91 Å². The molecule has 0 heterocycles. The van der Waals surface area contributed by atoms with E-state index in [4.69, 9.17) is 4.74 Å². The van der Waals surface area contributed by atoms with Gasteiger partial charge in [-0.3, -0.25) is 4.79 Å². The molecule has 1 N–H and O–H groups in total. The molecule has 110 valence electrons. The van der Waals surface area contributed by atoms with Gasteiger partial charge < -0.3 is 10.1 Å². The van der Waals surface area contributed by atoms with Crippen molar-refractivity contribution in [3.63, 3.8) is 0 Å². The van der Waals surface area contributed by atoms with Crippen LogP contribution in [0.25, 0.3) is 0 Å². The third kappa shape index (κ3) is 4.55. The highest BCUT2D eigenvalue weighted by Gasteiger charge is 2.18. The molecule has 1 atom stereocenters. The van der Waals surface area contributed by atoms with E-state index in [0.717, 1.165) is 17.9 Å². The van der Waals surface area contributed by atoms with E-state index in [1.165, 1.54) is 25.7 Å². The number of rotatable bonds is 6. The largest absolute Gasteiger partial charge is 0.491 e.